The van der Waals surface area contributed by atoms with Crippen LogP contribution in [0, 0.1) is 0 Å². The Balaban J connectivity index is 0.00000264. The van der Waals surface area contributed by atoms with Gasteiger partial charge in [-0.15, -0.1) is 12.4 Å². The predicted octanol–water partition coefficient (Wildman–Crippen LogP) is 1.68. The minimum atomic E-state index is -1.19. The van der Waals surface area contributed by atoms with Gasteiger partial charge in [-0.2, -0.15) is 0 Å². The van der Waals surface area contributed by atoms with Crippen LogP contribution < -0.4 is 5.32 Å². The summed E-state index contributed by atoms with van der Waals surface area (Å²) in [6, 6.07) is 2.68. The van der Waals surface area contributed by atoms with Gasteiger partial charge in [0.15, 0.2) is 5.76 Å². The maximum atomic E-state index is 11.5. The van der Waals surface area contributed by atoms with Crippen molar-refractivity contribution < 1.29 is 24.0 Å². The van der Waals surface area contributed by atoms with Gasteiger partial charge in [0.1, 0.15) is 17.9 Å². The lowest BCUT2D eigenvalue weighted by atomic mass is 10.0. The largest absolute Gasteiger partial charge is 0.477 e. The summed E-state index contributed by atoms with van der Waals surface area (Å²) in [6.07, 6.45) is 3.06. The second kappa shape index (κ2) is 8.25. The van der Waals surface area contributed by atoms with E-state index in [-0.39, 0.29) is 41.9 Å². The summed E-state index contributed by atoms with van der Waals surface area (Å²) >= 11 is 0. The number of hydrogen-bond acceptors (Lipinski definition) is 6. The molecule has 9 heteroatoms. The minimum Gasteiger partial charge on any atom is -0.477 e. The smallest absolute Gasteiger partial charge is 0.341 e. The number of carboxylic acids is 1. The number of carbonyl (C=O) groups excluding carboxylic acids is 1. The first-order valence-electron chi connectivity index (χ1n) is 6.46. The summed E-state index contributed by atoms with van der Waals surface area (Å²) < 4.78 is 9.85. The van der Waals surface area contributed by atoms with E-state index in [4.69, 9.17) is 9.26 Å². The fourth-order valence-electron chi connectivity index (χ4n) is 1.98. The molecular formula is C14H16ClN3O5. The van der Waals surface area contributed by atoms with Crippen molar-refractivity contribution in [2.75, 3.05) is 13.7 Å². The van der Waals surface area contributed by atoms with Gasteiger partial charge < -0.3 is 19.7 Å². The van der Waals surface area contributed by atoms with Gasteiger partial charge in [-0.05, 0) is 19.1 Å². The number of nitrogens with one attached hydrogen (secondary N) is 1. The SMILES string of the molecule is COCC(=O)N[C@H](C)c1onc(-c2cccnc2)c1C(=O)O.Cl. The fraction of sp³-hybridized carbons (Fsp3) is 0.286. The van der Waals surface area contributed by atoms with Crippen molar-refractivity contribution in [3.63, 3.8) is 0 Å². The molecule has 0 bridgehead atoms. The third-order valence-corrected chi connectivity index (χ3v) is 2.91. The van der Waals surface area contributed by atoms with E-state index in [2.05, 4.69) is 15.5 Å². The average Bonchev–Trinajstić information content (AvgIpc) is 2.93. The highest BCUT2D eigenvalue weighted by atomic mass is 35.5. The summed E-state index contributed by atoms with van der Waals surface area (Å²) in [5, 5.41) is 15.8. The number of carbonyl (C=O) groups is 2. The first-order valence-corrected chi connectivity index (χ1v) is 6.46. The van der Waals surface area contributed by atoms with E-state index in [0.29, 0.717) is 5.56 Å². The van der Waals surface area contributed by atoms with E-state index in [1.807, 2.05) is 0 Å². The van der Waals surface area contributed by atoms with Crippen LogP contribution in [0.25, 0.3) is 11.3 Å². The van der Waals surface area contributed by atoms with Crippen molar-refractivity contribution in [3.05, 3.63) is 35.9 Å². The van der Waals surface area contributed by atoms with Gasteiger partial charge in [0.25, 0.3) is 0 Å². The molecule has 1 atom stereocenters. The Kier molecular flexibility index (Phi) is 6.67. The molecule has 2 rings (SSSR count). The second-order valence-corrected chi connectivity index (χ2v) is 4.54. The minimum absolute atomic E-state index is 0. The van der Waals surface area contributed by atoms with Crippen LogP contribution in [0.5, 0.6) is 0 Å². The normalized spacial score (nSPS) is 11.4. The highest BCUT2D eigenvalue weighted by molar-refractivity contribution is 5.96. The van der Waals surface area contributed by atoms with Crippen molar-refractivity contribution in [1.82, 2.24) is 15.5 Å². The molecule has 0 aliphatic rings. The van der Waals surface area contributed by atoms with Gasteiger partial charge >= 0.3 is 5.97 Å². The maximum Gasteiger partial charge on any atom is 0.341 e. The molecule has 8 nitrogen and oxygen atoms in total. The van der Waals surface area contributed by atoms with Gasteiger partial charge in [-0.3, -0.25) is 9.78 Å². The number of halogens is 1. The lowest BCUT2D eigenvalue weighted by Crippen LogP contribution is -2.30. The van der Waals surface area contributed by atoms with Crippen LogP contribution in [0.4, 0.5) is 0 Å². The van der Waals surface area contributed by atoms with E-state index in [1.165, 1.54) is 13.3 Å². The Labute approximate surface area is 138 Å². The molecule has 0 aliphatic heterocycles. The molecule has 0 fully saturated rings. The molecular weight excluding hydrogens is 326 g/mol. The van der Waals surface area contributed by atoms with Crippen LogP contribution in [0.2, 0.25) is 0 Å². The number of rotatable bonds is 6. The number of amides is 1. The molecule has 0 spiro atoms. The Hall–Kier alpha value is -2.45. The standard InChI is InChI=1S/C14H15N3O5.ClH/c1-8(16-10(18)7-21-2)13-11(14(19)20)12(17-22-13)9-4-3-5-15-6-9;/h3-6,8H,7H2,1-2H3,(H,16,18)(H,19,20);1H/t8-;/m1./s1. The number of hydrogen-bond donors (Lipinski definition) is 2. The lowest BCUT2D eigenvalue weighted by molar-refractivity contribution is -0.125. The number of ether oxygens (including phenoxy) is 1. The molecule has 0 aliphatic carbocycles. The fourth-order valence-corrected chi connectivity index (χ4v) is 1.98. The number of carboxylic acid groups (broad SMARTS) is 1. The molecule has 0 saturated carbocycles. The van der Waals surface area contributed by atoms with Crippen LogP contribution in [-0.4, -0.2) is 40.8 Å². The Morgan fingerprint density at radius 1 is 1.48 bits per heavy atom. The zero-order valence-corrected chi connectivity index (χ0v) is 13.3. The Morgan fingerprint density at radius 3 is 2.78 bits per heavy atom. The first kappa shape index (κ1) is 18.6. The lowest BCUT2D eigenvalue weighted by Gasteiger charge is -2.11. The van der Waals surface area contributed by atoms with Crippen molar-refractivity contribution in [3.8, 4) is 11.3 Å². The number of pyridine rings is 1. The molecule has 1 amide bonds. The third kappa shape index (κ3) is 4.27. The van der Waals surface area contributed by atoms with Crippen LogP contribution in [0.1, 0.15) is 29.1 Å². The zero-order valence-electron chi connectivity index (χ0n) is 12.5. The maximum absolute atomic E-state index is 11.5. The number of methoxy groups -OCH3 is 1. The molecule has 124 valence electrons. The number of nitrogens with zero attached hydrogens (tertiary/aromatic N) is 2. The van der Waals surface area contributed by atoms with E-state index >= 15 is 0 Å². The summed E-state index contributed by atoms with van der Waals surface area (Å²) in [5.74, 6) is -1.51. The second-order valence-electron chi connectivity index (χ2n) is 4.54. The quantitative estimate of drug-likeness (QED) is 0.821. The molecule has 0 unspecified atom stereocenters. The average molecular weight is 342 g/mol. The molecule has 2 aromatic rings. The van der Waals surface area contributed by atoms with Crippen molar-refractivity contribution in [1.29, 1.82) is 0 Å². The molecule has 2 heterocycles. The van der Waals surface area contributed by atoms with Crippen LogP contribution in [0.3, 0.4) is 0 Å². The van der Waals surface area contributed by atoms with Gasteiger partial charge in [0, 0.05) is 25.1 Å². The molecule has 2 N–H and O–H groups in total. The molecule has 0 aromatic carbocycles. The van der Waals surface area contributed by atoms with E-state index in [1.54, 1.807) is 25.3 Å². The monoisotopic (exact) mass is 341 g/mol. The summed E-state index contributed by atoms with van der Waals surface area (Å²) in [4.78, 5) is 27.0. The highest BCUT2D eigenvalue weighted by Crippen LogP contribution is 2.28. The number of aromatic carboxylic acids is 1. The van der Waals surface area contributed by atoms with Crippen LogP contribution >= 0.6 is 12.4 Å². The van der Waals surface area contributed by atoms with Crippen molar-refractivity contribution in [2.24, 2.45) is 0 Å². The summed E-state index contributed by atoms with van der Waals surface area (Å²) in [7, 11) is 1.39. The van der Waals surface area contributed by atoms with Gasteiger partial charge in [0.05, 0.1) is 6.04 Å². The Morgan fingerprint density at radius 2 is 2.22 bits per heavy atom. The topological polar surface area (TPSA) is 115 Å². The first-order chi connectivity index (χ1) is 10.5. The van der Waals surface area contributed by atoms with Crippen LogP contribution in [-0.2, 0) is 9.53 Å². The molecule has 23 heavy (non-hydrogen) atoms. The molecule has 2 aromatic heterocycles. The summed E-state index contributed by atoms with van der Waals surface area (Å²) in [6.45, 7) is 1.48. The van der Waals surface area contributed by atoms with Crippen molar-refractivity contribution in [2.45, 2.75) is 13.0 Å². The molecule has 0 radical (unpaired) electrons. The third-order valence-electron chi connectivity index (χ3n) is 2.91. The van der Waals surface area contributed by atoms with E-state index in [0.717, 1.165) is 0 Å². The molecule has 0 saturated heterocycles. The Bertz CT molecular complexity index is 674. The zero-order chi connectivity index (χ0) is 16.1. The highest BCUT2D eigenvalue weighted by Gasteiger charge is 2.27. The van der Waals surface area contributed by atoms with Gasteiger partial charge in [0.2, 0.25) is 5.91 Å². The summed E-state index contributed by atoms with van der Waals surface area (Å²) in [5.41, 5.74) is 0.590. The van der Waals surface area contributed by atoms with E-state index < -0.39 is 12.0 Å². The number of aromatic nitrogens is 2. The van der Waals surface area contributed by atoms with Gasteiger partial charge in [-0.1, -0.05) is 5.16 Å². The van der Waals surface area contributed by atoms with Crippen molar-refractivity contribution >= 4 is 24.3 Å². The van der Waals surface area contributed by atoms with E-state index in [9.17, 15) is 14.7 Å². The van der Waals surface area contributed by atoms with Gasteiger partial charge in [-0.25, -0.2) is 4.79 Å². The van der Waals surface area contributed by atoms with Crippen LogP contribution in [0.15, 0.2) is 29.0 Å². The predicted molar refractivity (Wildman–Crippen MR) is 82.4 cm³/mol.